The Morgan fingerprint density at radius 3 is 2.50 bits per heavy atom. The van der Waals surface area contributed by atoms with E-state index in [-0.39, 0.29) is 19.8 Å². The minimum Gasteiger partial charge on any atom is -0.463 e. The van der Waals surface area contributed by atoms with E-state index in [2.05, 4.69) is 19.5 Å². The maximum atomic E-state index is 11.3. The Balaban J connectivity index is 4.58. The van der Waals surface area contributed by atoms with Crippen molar-refractivity contribution in [3.63, 3.8) is 0 Å². The van der Waals surface area contributed by atoms with Gasteiger partial charge in [-0.2, -0.15) is 4.99 Å². The third-order valence-electron chi connectivity index (χ3n) is 1.42. The summed E-state index contributed by atoms with van der Waals surface area (Å²) in [5.41, 5.74) is -0.543. The summed E-state index contributed by atoms with van der Waals surface area (Å²) in [5, 5.41) is 0. The van der Waals surface area contributed by atoms with Crippen LogP contribution in [0.5, 0.6) is 0 Å². The molecule has 0 N–H and O–H groups in total. The summed E-state index contributed by atoms with van der Waals surface area (Å²) >= 11 is 0. The van der Waals surface area contributed by atoms with Crippen molar-refractivity contribution in [1.82, 2.24) is 0 Å². The van der Waals surface area contributed by atoms with Crippen molar-refractivity contribution in [3.8, 4) is 0 Å². The average molecular weight is 254 g/mol. The van der Waals surface area contributed by atoms with E-state index in [0.717, 1.165) is 6.08 Å². The van der Waals surface area contributed by atoms with E-state index in [4.69, 9.17) is 0 Å². The van der Waals surface area contributed by atoms with Gasteiger partial charge in [-0.15, -0.1) is 0 Å². The first-order valence-corrected chi connectivity index (χ1v) is 4.82. The lowest BCUT2D eigenvalue weighted by atomic mass is 10.4. The van der Waals surface area contributed by atoms with E-state index < -0.39 is 17.6 Å². The Kier molecular flexibility index (Phi) is 8.28. The number of hydrogen-bond acceptors (Lipinski definition) is 8. The molecule has 0 fully saturated rings. The molecule has 0 aliphatic carbocycles. The van der Waals surface area contributed by atoms with Gasteiger partial charge in [0.1, 0.15) is 6.61 Å². The summed E-state index contributed by atoms with van der Waals surface area (Å²) in [5.74, 6) is -1.86. The molecule has 0 saturated heterocycles. The van der Waals surface area contributed by atoms with Gasteiger partial charge in [-0.3, -0.25) is 0 Å². The van der Waals surface area contributed by atoms with E-state index in [1.54, 1.807) is 6.92 Å². The van der Waals surface area contributed by atoms with Gasteiger partial charge in [0.15, 0.2) is 5.70 Å². The first kappa shape index (κ1) is 15.4. The molecule has 0 amide bonds. The summed E-state index contributed by atoms with van der Waals surface area (Å²) in [4.78, 5) is 48.3. The number of isocyanates is 2. The van der Waals surface area contributed by atoms with Crippen molar-refractivity contribution in [2.24, 2.45) is 9.98 Å². The number of hydrogen-bond donors (Lipinski definition) is 0. The van der Waals surface area contributed by atoms with Gasteiger partial charge in [-0.25, -0.2) is 24.2 Å². The molecule has 0 aliphatic rings. The number of rotatable bonds is 7. The Labute approximate surface area is 102 Å². The molecule has 0 aromatic rings. The van der Waals surface area contributed by atoms with Gasteiger partial charge in [0.2, 0.25) is 12.2 Å². The summed E-state index contributed by atoms with van der Waals surface area (Å²) < 4.78 is 9.11. The molecule has 0 bridgehead atoms. The Morgan fingerprint density at radius 1 is 1.22 bits per heavy atom. The second-order valence-corrected chi connectivity index (χ2v) is 2.59. The number of aliphatic imine (C=N–C) groups is 2. The molecule has 0 aliphatic heterocycles. The smallest absolute Gasteiger partial charge is 0.358 e. The molecule has 0 rings (SSSR count). The minimum absolute atomic E-state index is 0.0767. The van der Waals surface area contributed by atoms with E-state index in [9.17, 15) is 19.2 Å². The zero-order valence-electron chi connectivity index (χ0n) is 9.54. The van der Waals surface area contributed by atoms with Crippen LogP contribution < -0.4 is 0 Å². The van der Waals surface area contributed by atoms with Crippen LogP contribution in [0.3, 0.4) is 0 Å². The van der Waals surface area contributed by atoms with E-state index in [0.29, 0.717) is 6.08 Å². The Bertz CT molecular complexity index is 430. The zero-order chi connectivity index (χ0) is 13.8. The fraction of sp³-hybridized carbons (Fsp3) is 0.400. The predicted octanol–water partition coefficient (Wildman–Crippen LogP) is -0.352. The van der Waals surface area contributed by atoms with Crippen molar-refractivity contribution in [2.45, 2.75) is 6.92 Å². The largest absolute Gasteiger partial charge is 0.463 e. The molecule has 0 radical (unpaired) electrons. The van der Waals surface area contributed by atoms with Gasteiger partial charge in [-0.05, 0) is 6.92 Å². The van der Waals surface area contributed by atoms with Crippen LogP contribution in [-0.2, 0) is 28.7 Å². The van der Waals surface area contributed by atoms with Gasteiger partial charge in [-0.1, -0.05) is 0 Å². The van der Waals surface area contributed by atoms with Crippen LogP contribution in [0.4, 0.5) is 0 Å². The number of carbonyl (C=O) groups is 2. The lowest BCUT2D eigenvalue weighted by Crippen LogP contribution is -2.12. The van der Waals surface area contributed by atoms with Gasteiger partial charge in [0.25, 0.3) is 0 Å². The van der Waals surface area contributed by atoms with Crippen LogP contribution in [-0.4, -0.2) is 43.9 Å². The van der Waals surface area contributed by atoms with Gasteiger partial charge in [0.05, 0.1) is 19.2 Å². The lowest BCUT2D eigenvalue weighted by molar-refractivity contribution is -0.141. The van der Waals surface area contributed by atoms with Crippen LogP contribution in [0.2, 0.25) is 0 Å². The predicted molar refractivity (Wildman–Crippen MR) is 56.8 cm³/mol. The molecule has 8 nitrogen and oxygen atoms in total. The summed E-state index contributed by atoms with van der Waals surface area (Å²) in [6.45, 7) is 1.40. The van der Waals surface area contributed by atoms with Gasteiger partial charge < -0.3 is 9.47 Å². The van der Waals surface area contributed by atoms with Crippen molar-refractivity contribution in [3.05, 3.63) is 11.8 Å². The van der Waals surface area contributed by atoms with Crippen molar-refractivity contribution >= 4 is 24.1 Å². The fourth-order valence-corrected chi connectivity index (χ4v) is 0.785. The average Bonchev–Trinajstić information content (AvgIpc) is 2.34. The van der Waals surface area contributed by atoms with Crippen molar-refractivity contribution in [1.29, 1.82) is 0 Å². The summed E-state index contributed by atoms with van der Waals surface area (Å²) in [7, 11) is 0. The minimum atomic E-state index is -1.02. The van der Waals surface area contributed by atoms with Crippen molar-refractivity contribution < 1.29 is 28.7 Å². The standard InChI is InChI=1S/C10H10N2O6/c1-2-17-9(15)5-8(12-7-14)10(16)18-4-3-11-6-13/h5H,2-4H2,1H3. The molecule has 0 aromatic carbocycles. The van der Waals surface area contributed by atoms with Crippen molar-refractivity contribution in [2.75, 3.05) is 19.8 Å². The van der Waals surface area contributed by atoms with E-state index >= 15 is 0 Å². The Hall–Kier alpha value is -2.56. The Morgan fingerprint density at radius 2 is 1.94 bits per heavy atom. The van der Waals surface area contributed by atoms with E-state index in [1.165, 1.54) is 6.08 Å². The number of nitrogens with zero attached hydrogens (tertiary/aromatic N) is 2. The highest BCUT2D eigenvalue weighted by molar-refractivity contribution is 5.96. The third kappa shape index (κ3) is 6.84. The monoisotopic (exact) mass is 254 g/mol. The number of esters is 2. The first-order chi connectivity index (χ1) is 8.65. The molecule has 0 aromatic heterocycles. The maximum Gasteiger partial charge on any atom is 0.358 e. The van der Waals surface area contributed by atoms with Crippen LogP contribution in [0.25, 0.3) is 0 Å². The first-order valence-electron chi connectivity index (χ1n) is 4.82. The van der Waals surface area contributed by atoms with Gasteiger partial charge in [0, 0.05) is 0 Å². The van der Waals surface area contributed by atoms with Crippen LogP contribution >= 0.6 is 0 Å². The zero-order valence-corrected chi connectivity index (χ0v) is 9.54. The molecule has 0 unspecified atom stereocenters. The van der Waals surface area contributed by atoms with Crippen LogP contribution in [0.15, 0.2) is 21.8 Å². The molecular weight excluding hydrogens is 244 g/mol. The van der Waals surface area contributed by atoms with E-state index in [1.807, 2.05) is 0 Å². The highest BCUT2D eigenvalue weighted by Crippen LogP contribution is 2.00. The molecule has 96 valence electrons. The topological polar surface area (TPSA) is 111 Å². The molecular formula is C10H10N2O6. The molecule has 0 saturated carbocycles. The maximum absolute atomic E-state index is 11.3. The quantitative estimate of drug-likeness (QED) is 0.202. The molecule has 0 heterocycles. The third-order valence-corrected chi connectivity index (χ3v) is 1.42. The molecule has 8 heteroatoms. The summed E-state index contributed by atoms with van der Waals surface area (Å²) in [6, 6.07) is 0. The van der Waals surface area contributed by atoms with Crippen LogP contribution in [0, 0.1) is 0 Å². The second-order valence-electron chi connectivity index (χ2n) is 2.59. The number of ether oxygens (including phenoxy) is 2. The SMILES string of the molecule is CCOC(=O)C=C(N=C=O)C(=O)OCCN=C=O. The normalized spacial score (nSPS) is 9.72. The second kappa shape index (κ2) is 9.65. The fourth-order valence-electron chi connectivity index (χ4n) is 0.785. The lowest BCUT2D eigenvalue weighted by Gasteiger charge is -2.01. The summed E-state index contributed by atoms with van der Waals surface area (Å²) in [6.07, 6.45) is 3.07. The molecule has 18 heavy (non-hydrogen) atoms. The highest BCUT2D eigenvalue weighted by Gasteiger charge is 2.13. The van der Waals surface area contributed by atoms with Crippen LogP contribution in [0.1, 0.15) is 6.92 Å². The molecule has 0 spiro atoms. The molecule has 0 atom stereocenters. The number of carbonyl (C=O) groups excluding carboxylic acids is 4. The van der Waals surface area contributed by atoms with Gasteiger partial charge >= 0.3 is 11.9 Å². The highest BCUT2D eigenvalue weighted by atomic mass is 16.5.